The maximum Gasteiger partial charge on any atom is 0.636 e. The summed E-state index contributed by atoms with van der Waals surface area (Å²) in [6, 6.07) is 9.19. The predicted molar refractivity (Wildman–Crippen MR) is 420 cm³/mol. The van der Waals surface area contributed by atoms with Crippen LogP contribution in [0.3, 0.4) is 0 Å². The molecule has 0 bridgehead atoms. The van der Waals surface area contributed by atoms with E-state index in [4.69, 9.17) is 122 Å². The van der Waals surface area contributed by atoms with Gasteiger partial charge in [-0.2, -0.15) is 0 Å². The molecule has 0 aliphatic heterocycles. The second-order valence-corrected chi connectivity index (χ2v) is 87.9. The van der Waals surface area contributed by atoms with Gasteiger partial charge in [0.05, 0.1) is 0 Å². The van der Waals surface area contributed by atoms with Crippen LogP contribution in [0, 0.1) is 14.2 Å². The normalized spacial score (nSPS) is 14.4. The molecule has 99 heavy (non-hydrogen) atoms. The zero-order valence-corrected chi connectivity index (χ0v) is 90.7. The van der Waals surface area contributed by atoms with Gasteiger partial charge in [-0.1, -0.05) is 0 Å². The van der Waals surface area contributed by atoms with Gasteiger partial charge in [0.15, 0.2) is 66.5 Å². The summed E-state index contributed by atoms with van der Waals surface area (Å²) in [5.41, 5.74) is 0. The number of ether oxygens (including phenoxy) is 2. The third kappa shape index (κ3) is 38.0. The van der Waals surface area contributed by atoms with Crippen molar-refractivity contribution >= 4 is 137 Å². The molecule has 0 aromatic rings. The SMILES string of the molecule is [CH2-]OCCC[Si](C)(C)O[Si](O[Si](C)(C)CC[Si](OC)(OC)OC)(O[Si](C)(C)CC[Si](OC)(OC)OC)O[Si](C)(C)CC[Si](OC)(OC)OC.[CH2-]OCCC[Si](C)(C)O[Si](O[Si](C)(C)CC[Si](OC)(OC)OC)(O[Si](C)(C)CC[Si](OC)(OC)OC)O[Si](C)(C)CC[Si](OC)(OC)OC.[Rf]. The fourth-order valence-corrected chi connectivity index (χ4v) is 72.5. The Kier molecular flexibility index (Phi) is 49.4. The van der Waals surface area contributed by atoms with Crippen molar-refractivity contribution in [1.29, 1.82) is 0 Å². The van der Waals surface area contributed by atoms with Crippen LogP contribution in [0.1, 0.15) is 12.8 Å². The van der Waals surface area contributed by atoms with E-state index in [0.717, 1.165) is 24.9 Å². The van der Waals surface area contributed by atoms with E-state index in [9.17, 15) is 0 Å². The van der Waals surface area contributed by atoms with Crippen LogP contribution in [0.25, 0.3) is 0 Å². The molecule has 0 heterocycles. The molecule has 0 N–H and O–H groups in total. The van der Waals surface area contributed by atoms with Crippen LogP contribution in [0.5, 0.6) is 0 Å². The van der Waals surface area contributed by atoms with Gasteiger partial charge < -0.3 is 122 Å². The van der Waals surface area contributed by atoms with E-state index in [2.05, 4.69) is 119 Å². The van der Waals surface area contributed by atoms with Crippen molar-refractivity contribution < 1.29 is 122 Å². The van der Waals surface area contributed by atoms with Crippen LogP contribution >= 0.6 is 0 Å². The van der Waals surface area contributed by atoms with E-state index in [1.165, 1.54) is 0 Å². The molecule has 0 spiro atoms. The Labute approximate surface area is 613 Å². The summed E-state index contributed by atoms with van der Waals surface area (Å²) in [6.07, 6.45) is 1.60. The van der Waals surface area contributed by atoms with Crippen LogP contribution in [-0.2, 0) is 122 Å². The largest absolute Gasteiger partial charge is 0.636 e. The van der Waals surface area contributed by atoms with Crippen molar-refractivity contribution in [1.82, 2.24) is 0 Å². The first kappa shape index (κ1) is 105. The van der Waals surface area contributed by atoms with Crippen molar-refractivity contribution in [3.63, 3.8) is 0 Å². The molecule has 28 nitrogen and oxygen atoms in total. The quantitative estimate of drug-likeness (QED) is 0.0311. The molecule has 0 atom stereocenters. The third-order valence-electron chi connectivity index (χ3n) is 17.1. The molecular formula is C54H142O28RfSi16-2. The predicted octanol–water partition coefficient (Wildman–Crippen LogP) is 12.3. The summed E-state index contributed by atoms with van der Waals surface area (Å²) < 4.78 is 173. The summed E-state index contributed by atoms with van der Waals surface area (Å²) in [4.78, 5) is 0. The Balaban J connectivity index is -0.00000184. The average molecular weight is 1960 g/mol. The minimum atomic E-state index is -3.91. The van der Waals surface area contributed by atoms with E-state index in [-0.39, 0.29) is 0 Å². The zero-order chi connectivity index (χ0) is 76.5. The average Bonchev–Trinajstić information content (AvgIpc) is 0.780. The van der Waals surface area contributed by atoms with Crippen LogP contribution < -0.4 is 0 Å². The maximum absolute atomic E-state index is 7.35. The number of rotatable bonds is 60. The fourth-order valence-electron chi connectivity index (χ4n) is 10.6. The molecule has 0 aliphatic rings. The molecule has 0 rings (SSSR count). The van der Waals surface area contributed by atoms with Crippen molar-refractivity contribution in [3.05, 3.63) is 14.2 Å². The van der Waals surface area contributed by atoms with Gasteiger partial charge in [-0.15, -0.1) is 0 Å². The molecule has 0 amide bonds. The van der Waals surface area contributed by atoms with Gasteiger partial charge in [0, 0.05) is 177 Å². The van der Waals surface area contributed by atoms with E-state index >= 15 is 0 Å². The molecule has 0 unspecified atom stereocenters. The number of hydrogen-bond acceptors (Lipinski definition) is 28. The van der Waals surface area contributed by atoms with E-state index < -0.39 is 137 Å². The molecule has 0 fully saturated rings. The van der Waals surface area contributed by atoms with Gasteiger partial charge >= 0.3 is 70.9 Å². The Morgan fingerprint density at radius 1 is 0.182 bits per heavy atom. The molecule has 0 aromatic carbocycles. The molecule has 594 valence electrons. The Morgan fingerprint density at radius 2 is 0.293 bits per heavy atom. The topological polar surface area (TPSA) is 258 Å². The first-order valence-electron chi connectivity index (χ1n) is 33.4. The summed E-state index contributed by atoms with van der Waals surface area (Å²) >= 11 is 0. The summed E-state index contributed by atoms with van der Waals surface area (Å²) in [6.45, 7) is 35.8. The minimum absolute atomic E-state index is 0. The van der Waals surface area contributed by atoms with E-state index in [1.807, 2.05) is 0 Å². The molecule has 0 saturated heterocycles. The Hall–Kier alpha value is 1.35. The summed E-state index contributed by atoms with van der Waals surface area (Å²) in [7, 11) is -9.31. The smallest absolute Gasteiger partial charge is 0.555 e. The number of hydrogen-bond donors (Lipinski definition) is 0. The standard InChI is InChI=1S/2C27H71O14Si8.Rf/c2*1-28-20-19-21-42(11,12)38-49(39-43(13,14)22-25-46(29-2,30-3)31-4,40-44(15,16)23-26-47(32-5,33-6)34-7)41-45(17,18)24-27-48(35-8,36-9)37-10;/h2*1,19-27H2,2-18H3;/q2*-1;. The van der Waals surface area contributed by atoms with Crippen molar-refractivity contribution in [2.75, 3.05) is 141 Å². The van der Waals surface area contributed by atoms with Gasteiger partial charge in [-0.3, -0.25) is 0 Å². The van der Waals surface area contributed by atoms with Crippen LogP contribution in [0.2, 0.25) is 189 Å². The van der Waals surface area contributed by atoms with Gasteiger partial charge in [-0.25, -0.2) is 14.2 Å². The molecule has 0 aliphatic carbocycles. The zero-order valence-electron chi connectivity index (χ0n) is 68.3. The molecule has 45 heteroatoms. The monoisotopic (exact) mass is 1950 g/mol. The van der Waals surface area contributed by atoms with E-state index in [1.54, 1.807) is 128 Å². The van der Waals surface area contributed by atoms with Gasteiger partial charge in [0.2, 0.25) is 0 Å². The van der Waals surface area contributed by atoms with Crippen LogP contribution in [0.15, 0.2) is 0 Å². The van der Waals surface area contributed by atoms with Crippen molar-refractivity contribution in [2.24, 2.45) is 0 Å². The molecule has 0 radical (unpaired) electrons. The Bertz CT molecular complexity index is 1730. The fraction of sp³-hybridized carbons (Fsp3) is 0.963. The van der Waals surface area contributed by atoms with Gasteiger partial charge in [-0.05, 0) is 166 Å². The van der Waals surface area contributed by atoms with Crippen molar-refractivity contribution in [3.8, 4) is 0 Å². The first-order chi connectivity index (χ1) is 45.1. The minimum Gasteiger partial charge on any atom is -0.555 e. The van der Waals surface area contributed by atoms with E-state index in [0.29, 0.717) is 85.7 Å². The second kappa shape index (κ2) is 46.8. The molecule has 0 saturated carbocycles. The Morgan fingerprint density at radius 3 is 0.394 bits per heavy atom. The second-order valence-electron chi connectivity index (χ2n) is 28.7. The molecular weight excluding hydrogens is 1810 g/mol. The summed E-state index contributed by atoms with van der Waals surface area (Å²) in [5.74, 6) is 0. The van der Waals surface area contributed by atoms with Crippen LogP contribution in [-0.4, -0.2) is 279 Å². The van der Waals surface area contributed by atoms with Crippen molar-refractivity contribution in [2.45, 2.75) is 202 Å². The third-order valence-corrected chi connectivity index (χ3v) is 74.0. The first-order valence-corrected chi connectivity index (χ1v) is 73.2. The van der Waals surface area contributed by atoms with Crippen LogP contribution in [0.4, 0.5) is 0 Å². The van der Waals surface area contributed by atoms with Gasteiger partial charge in [0.1, 0.15) is 0 Å². The maximum atomic E-state index is 7.35. The summed E-state index contributed by atoms with van der Waals surface area (Å²) in [5, 5.41) is 0. The molecule has 0 aromatic heterocycles. The van der Waals surface area contributed by atoms with Gasteiger partial charge in [0.25, 0.3) is 0 Å².